The molecular formula is C31H30FN7O3. The summed E-state index contributed by atoms with van der Waals surface area (Å²) in [5.41, 5.74) is 8.76. The van der Waals surface area contributed by atoms with Gasteiger partial charge in [0.2, 0.25) is 5.95 Å². The van der Waals surface area contributed by atoms with Gasteiger partial charge in [-0.3, -0.25) is 18.8 Å². The monoisotopic (exact) mass is 567 g/mol. The van der Waals surface area contributed by atoms with Crippen molar-refractivity contribution >= 4 is 22.7 Å². The number of carbonyl (C=O) groups excluding carboxylic acids is 1. The Balaban J connectivity index is 1.49. The summed E-state index contributed by atoms with van der Waals surface area (Å²) in [7, 11) is 1.82. The molecule has 0 amide bonds. The first kappa shape index (κ1) is 27.3. The van der Waals surface area contributed by atoms with Crippen LogP contribution in [0.4, 0.5) is 10.3 Å². The summed E-state index contributed by atoms with van der Waals surface area (Å²) in [6, 6.07) is 10.3. The Labute approximate surface area is 241 Å². The summed E-state index contributed by atoms with van der Waals surface area (Å²) < 4.78 is 24.0. The quantitative estimate of drug-likeness (QED) is 0.272. The topological polar surface area (TPSA) is 131 Å². The Kier molecular flexibility index (Phi) is 7.01. The number of nitrogens with zero attached hydrogens (tertiary/aromatic N) is 6. The fourth-order valence-electron chi connectivity index (χ4n) is 5.05. The van der Waals surface area contributed by atoms with Crippen molar-refractivity contribution in [3.05, 3.63) is 93.7 Å². The van der Waals surface area contributed by atoms with Gasteiger partial charge in [0.05, 0.1) is 23.2 Å². The van der Waals surface area contributed by atoms with E-state index in [1.54, 1.807) is 55.2 Å². The summed E-state index contributed by atoms with van der Waals surface area (Å²) in [5, 5.41) is 4.74. The predicted octanol–water partition coefficient (Wildman–Crippen LogP) is 4.46. The third-order valence-electron chi connectivity index (χ3n) is 7.33. The number of rotatable bonds is 8. The molecule has 2 N–H and O–H groups in total. The molecule has 0 spiro atoms. The van der Waals surface area contributed by atoms with Crippen LogP contribution in [0.15, 0.2) is 59.8 Å². The minimum atomic E-state index is -0.553. The number of fused-ring (bicyclic) bond motifs is 1. The van der Waals surface area contributed by atoms with Crippen LogP contribution >= 0.6 is 0 Å². The lowest BCUT2D eigenvalue weighted by atomic mass is 10.0. The number of aryl methyl sites for hydroxylation is 1. The largest absolute Gasteiger partial charge is 0.461 e. The lowest BCUT2D eigenvalue weighted by Gasteiger charge is -2.18. The van der Waals surface area contributed by atoms with Crippen LogP contribution in [0.5, 0.6) is 0 Å². The van der Waals surface area contributed by atoms with E-state index in [1.165, 1.54) is 10.6 Å². The molecule has 0 radical (unpaired) electrons. The second-order valence-corrected chi connectivity index (χ2v) is 10.9. The molecular weight excluding hydrogens is 537 g/mol. The van der Waals surface area contributed by atoms with E-state index in [0.29, 0.717) is 40.4 Å². The molecule has 11 heteroatoms. The van der Waals surface area contributed by atoms with E-state index in [1.807, 2.05) is 19.3 Å². The maximum Gasteiger partial charge on any atom is 0.308 e. The Hall–Kier alpha value is -4.93. The average molecular weight is 568 g/mol. The van der Waals surface area contributed by atoms with Gasteiger partial charge >= 0.3 is 5.97 Å². The van der Waals surface area contributed by atoms with E-state index in [2.05, 4.69) is 20.1 Å². The molecule has 3 heterocycles. The first-order chi connectivity index (χ1) is 20.2. The Morgan fingerprint density at radius 1 is 1.17 bits per heavy atom. The molecule has 3 aromatic heterocycles. The number of benzene rings is 2. The molecule has 5 aromatic rings. The van der Waals surface area contributed by atoms with Gasteiger partial charge < -0.3 is 10.5 Å². The molecule has 0 aliphatic heterocycles. The van der Waals surface area contributed by atoms with Gasteiger partial charge in [0.15, 0.2) is 5.82 Å². The molecule has 0 atom stereocenters. The third kappa shape index (κ3) is 5.37. The summed E-state index contributed by atoms with van der Waals surface area (Å²) >= 11 is 0. The average Bonchev–Trinajstić information content (AvgIpc) is 3.73. The smallest absolute Gasteiger partial charge is 0.308 e. The number of hydrogen-bond donors (Lipinski definition) is 1. The minimum Gasteiger partial charge on any atom is -0.461 e. The lowest BCUT2D eigenvalue weighted by molar-refractivity contribution is -0.148. The van der Waals surface area contributed by atoms with E-state index in [4.69, 9.17) is 10.5 Å². The molecule has 2 aromatic carbocycles. The number of halogens is 1. The molecule has 1 aliphatic rings. The Bertz CT molecular complexity index is 1890. The second-order valence-electron chi connectivity index (χ2n) is 10.9. The van der Waals surface area contributed by atoms with E-state index >= 15 is 4.39 Å². The maximum atomic E-state index is 15.3. The van der Waals surface area contributed by atoms with Crippen molar-refractivity contribution in [2.24, 2.45) is 13.0 Å². The highest BCUT2D eigenvalue weighted by Gasteiger charge is 2.26. The fourth-order valence-corrected chi connectivity index (χ4v) is 5.05. The first-order valence-electron chi connectivity index (χ1n) is 13.8. The molecule has 214 valence electrons. The fraction of sp³-hybridized carbons (Fsp3) is 0.290. The third-order valence-corrected chi connectivity index (χ3v) is 7.33. The first-order valence-corrected chi connectivity index (χ1v) is 13.8. The summed E-state index contributed by atoms with van der Waals surface area (Å²) in [6.07, 6.45) is 7.62. The molecule has 0 saturated heterocycles. The highest BCUT2D eigenvalue weighted by Crippen LogP contribution is 2.41. The number of anilines is 1. The van der Waals surface area contributed by atoms with Crippen LogP contribution in [-0.4, -0.2) is 35.3 Å². The van der Waals surface area contributed by atoms with Gasteiger partial charge in [-0.2, -0.15) is 15.1 Å². The maximum absolute atomic E-state index is 15.3. The van der Waals surface area contributed by atoms with Gasteiger partial charge in [0.1, 0.15) is 18.2 Å². The van der Waals surface area contributed by atoms with Gasteiger partial charge in [0, 0.05) is 37.0 Å². The van der Waals surface area contributed by atoms with Gasteiger partial charge in [0.25, 0.3) is 5.56 Å². The Morgan fingerprint density at radius 2 is 1.98 bits per heavy atom. The normalized spacial score (nSPS) is 13.2. The van der Waals surface area contributed by atoms with Gasteiger partial charge in [-0.25, -0.2) is 9.37 Å². The van der Waals surface area contributed by atoms with Crippen molar-refractivity contribution in [1.82, 2.24) is 29.3 Å². The van der Waals surface area contributed by atoms with E-state index in [-0.39, 0.29) is 29.7 Å². The second kappa shape index (κ2) is 10.8. The minimum absolute atomic E-state index is 0.000547. The van der Waals surface area contributed by atoms with Crippen LogP contribution in [0.2, 0.25) is 0 Å². The molecule has 0 unspecified atom stereocenters. The number of ether oxygens (including phenoxy) is 1. The molecule has 1 saturated carbocycles. The number of hydrogen-bond acceptors (Lipinski definition) is 8. The zero-order chi connectivity index (χ0) is 29.5. The molecule has 1 aliphatic carbocycles. The van der Waals surface area contributed by atoms with Crippen LogP contribution < -0.4 is 11.3 Å². The van der Waals surface area contributed by atoms with Crippen molar-refractivity contribution in [3.63, 3.8) is 0 Å². The molecule has 0 bridgehead atoms. The van der Waals surface area contributed by atoms with Crippen LogP contribution in [0.3, 0.4) is 0 Å². The van der Waals surface area contributed by atoms with Crippen molar-refractivity contribution in [1.29, 1.82) is 0 Å². The Morgan fingerprint density at radius 3 is 2.69 bits per heavy atom. The zero-order valence-corrected chi connectivity index (χ0v) is 23.5. The van der Waals surface area contributed by atoms with Gasteiger partial charge in [-0.15, -0.1) is 0 Å². The van der Waals surface area contributed by atoms with Crippen LogP contribution in [-0.2, 0) is 29.6 Å². The van der Waals surface area contributed by atoms with Crippen molar-refractivity contribution < 1.29 is 13.9 Å². The standard InChI is InChI=1S/C31H30FN7O3/c1-17(2)30(41)42-16-23-22(28-35-26(36-31(33)37-28)11-18-14-34-38(3)15-18)5-4-6-25(23)39-10-9-20-12-21(19-7-8-19)13-24(32)27(20)29(39)40/h4-6,9-10,12-15,17,19H,7-8,11,16H2,1-3H3,(H2,33,35,36,37). The van der Waals surface area contributed by atoms with Crippen LogP contribution in [0.25, 0.3) is 27.8 Å². The SMILES string of the molecule is CC(C)C(=O)OCc1c(-c2nc(N)nc(Cc3cnn(C)c3)n2)cccc1-n1ccc2cc(C3CC3)cc(F)c2c1=O. The highest BCUT2D eigenvalue weighted by atomic mass is 19.1. The number of nitrogen functional groups attached to an aromatic ring is 1. The number of nitrogens with two attached hydrogens (primary N) is 1. The van der Waals surface area contributed by atoms with E-state index in [0.717, 1.165) is 24.0 Å². The van der Waals surface area contributed by atoms with Crippen LogP contribution in [0.1, 0.15) is 55.1 Å². The number of carbonyl (C=O) groups is 1. The van der Waals surface area contributed by atoms with Crippen LogP contribution in [0, 0.1) is 11.7 Å². The van der Waals surface area contributed by atoms with E-state index < -0.39 is 17.3 Å². The molecule has 10 nitrogen and oxygen atoms in total. The lowest BCUT2D eigenvalue weighted by Crippen LogP contribution is -2.21. The summed E-state index contributed by atoms with van der Waals surface area (Å²) in [5.74, 6) is -0.273. The molecule has 42 heavy (non-hydrogen) atoms. The van der Waals surface area contributed by atoms with E-state index in [9.17, 15) is 9.59 Å². The number of pyridine rings is 1. The summed E-state index contributed by atoms with van der Waals surface area (Å²) in [6.45, 7) is 3.30. The van der Waals surface area contributed by atoms with Gasteiger partial charge in [-0.1, -0.05) is 32.0 Å². The number of esters is 1. The van der Waals surface area contributed by atoms with Gasteiger partial charge in [-0.05, 0) is 53.5 Å². The summed E-state index contributed by atoms with van der Waals surface area (Å²) in [4.78, 5) is 39.6. The molecule has 1 fully saturated rings. The van der Waals surface area contributed by atoms with Crippen molar-refractivity contribution in [2.45, 2.75) is 45.6 Å². The zero-order valence-electron chi connectivity index (χ0n) is 23.5. The number of aromatic nitrogens is 6. The van der Waals surface area contributed by atoms with Crippen molar-refractivity contribution in [2.75, 3.05) is 5.73 Å². The highest BCUT2D eigenvalue weighted by molar-refractivity contribution is 5.83. The molecule has 6 rings (SSSR count). The van der Waals surface area contributed by atoms with Crippen molar-refractivity contribution in [3.8, 4) is 17.1 Å². The predicted molar refractivity (Wildman–Crippen MR) is 155 cm³/mol.